The molecule has 0 rings (SSSR count). The number of carbonyl (C=O) groups is 2. The van der Waals surface area contributed by atoms with Crippen molar-refractivity contribution in [3.05, 3.63) is 0 Å². The SMILES string of the molecule is CCCC(O)(CCC)CC(=O)N(CC)CCC(=O)O. The maximum atomic E-state index is 12.1. The molecule has 0 fully saturated rings. The van der Waals surface area contributed by atoms with Gasteiger partial charge in [0.15, 0.2) is 0 Å². The lowest BCUT2D eigenvalue weighted by Crippen LogP contribution is -2.40. The normalized spacial score (nSPS) is 11.4. The van der Waals surface area contributed by atoms with E-state index in [9.17, 15) is 14.7 Å². The fourth-order valence-electron chi connectivity index (χ4n) is 2.32. The zero-order chi connectivity index (χ0) is 14.9. The molecule has 0 heterocycles. The number of carbonyl (C=O) groups excluding carboxylic acids is 1. The van der Waals surface area contributed by atoms with Gasteiger partial charge in [-0.25, -0.2) is 0 Å². The third-order valence-electron chi connectivity index (χ3n) is 3.24. The Kier molecular flexibility index (Phi) is 8.39. The van der Waals surface area contributed by atoms with Gasteiger partial charge in [-0.3, -0.25) is 9.59 Å². The number of hydrogen-bond donors (Lipinski definition) is 2. The van der Waals surface area contributed by atoms with Crippen LogP contribution in [0, 0.1) is 0 Å². The van der Waals surface area contributed by atoms with Crippen molar-refractivity contribution < 1.29 is 19.8 Å². The topological polar surface area (TPSA) is 77.8 Å². The van der Waals surface area contributed by atoms with Crippen molar-refractivity contribution in [1.82, 2.24) is 4.90 Å². The number of aliphatic carboxylic acids is 1. The summed E-state index contributed by atoms with van der Waals surface area (Å²) in [6.45, 7) is 6.46. The van der Waals surface area contributed by atoms with E-state index in [1.54, 1.807) is 0 Å². The molecule has 1 amide bonds. The van der Waals surface area contributed by atoms with Crippen LogP contribution in [0.25, 0.3) is 0 Å². The average molecular weight is 273 g/mol. The lowest BCUT2D eigenvalue weighted by atomic mass is 9.89. The van der Waals surface area contributed by atoms with Crippen LogP contribution in [0.3, 0.4) is 0 Å². The molecule has 0 spiro atoms. The van der Waals surface area contributed by atoms with Crippen molar-refractivity contribution >= 4 is 11.9 Å². The van der Waals surface area contributed by atoms with Crippen LogP contribution in [0.4, 0.5) is 0 Å². The summed E-state index contributed by atoms with van der Waals surface area (Å²) in [5, 5.41) is 19.1. The van der Waals surface area contributed by atoms with Crippen LogP contribution in [-0.2, 0) is 9.59 Å². The Labute approximate surface area is 115 Å². The van der Waals surface area contributed by atoms with Crippen LogP contribution in [0.1, 0.15) is 59.3 Å². The molecule has 0 radical (unpaired) electrons. The average Bonchev–Trinajstić information content (AvgIpc) is 2.29. The summed E-state index contributed by atoms with van der Waals surface area (Å²) in [6.07, 6.45) is 2.88. The summed E-state index contributed by atoms with van der Waals surface area (Å²) in [6, 6.07) is 0. The molecule has 0 unspecified atom stereocenters. The number of amides is 1. The maximum Gasteiger partial charge on any atom is 0.305 e. The Morgan fingerprint density at radius 3 is 2.00 bits per heavy atom. The first-order valence-corrected chi connectivity index (χ1v) is 7.10. The lowest BCUT2D eigenvalue weighted by Gasteiger charge is -2.30. The predicted octanol–water partition coefficient (Wildman–Crippen LogP) is 2.03. The fourth-order valence-corrected chi connectivity index (χ4v) is 2.32. The molecule has 5 heteroatoms. The number of rotatable bonds is 10. The predicted molar refractivity (Wildman–Crippen MR) is 73.9 cm³/mol. The smallest absolute Gasteiger partial charge is 0.305 e. The zero-order valence-electron chi connectivity index (χ0n) is 12.3. The van der Waals surface area contributed by atoms with Crippen LogP contribution in [-0.4, -0.2) is 45.7 Å². The molecule has 0 aromatic carbocycles. The van der Waals surface area contributed by atoms with Crippen LogP contribution in [0.5, 0.6) is 0 Å². The monoisotopic (exact) mass is 273 g/mol. The largest absolute Gasteiger partial charge is 0.481 e. The van der Waals surface area contributed by atoms with Crippen molar-refractivity contribution in [2.45, 2.75) is 64.9 Å². The van der Waals surface area contributed by atoms with Gasteiger partial charge in [-0.05, 0) is 19.8 Å². The summed E-state index contributed by atoms with van der Waals surface area (Å²) >= 11 is 0. The van der Waals surface area contributed by atoms with E-state index in [-0.39, 0.29) is 25.3 Å². The second kappa shape index (κ2) is 8.91. The van der Waals surface area contributed by atoms with Gasteiger partial charge in [0.2, 0.25) is 5.91 Å². The molecule has 0 bridgehead atoms. The molecule has 112 valence electrons. The number of hydrogen-bond acceptors (Lipinski definition) is 3. The second-order valence-electron chi connectivity index (χ2n) is 5.02. The molecule has 0 aromatic rings. The van der Waals surface area contributed by atoms with E-state index < -0.39 is 11.6 Å². The van der Waals surface area contributed by atoms with E-state index in [1.807, 2.05) is 20.8 Å². The van der Waals surface area contributed by atoms with Gasteiger partial charge in [-0.1, -0.05) is 26.7 Å². The van der Waals surface area contributed by atoms with E-state index in [0.29, 0.717) is 19.4 Å². The van der Waals surface area contributed by atoms with Crippen LogP contribution in [0.15, 0.2) is 0 Å². The maximum absolute atomic E-state index is 12.1. The van der Waals surface area contributed by atoms with Crippen LogP contribution >= 0.6 is 0 Å². The van der Waals surface area contributed by atoms with Crippen molar-refractivity contribution in [2.75, 3.05) is 13.1 Å². The van der Waals surface area contributed by atoms with Gasteiger partial charge in [0.1, 0.15) is 0 Å². The Balaban J connectivity index is 4.54. The first-order chi connectivity index (χ1) is 8.88. The fraction of sp³-hybridized carbons (Fsp3) is 0.857. The lowest BCUT2D eigenvalue weighted by molar-refractivity contribution is -0.140. The van der Waals surface area contributed by atoms with Crippen molar-refractivity contribution in [3.8, 4) is 0 Å². The highest BCUT2D eigenvalue weighted by atomic mass is 16.4. The van der Waals surface area contributed by atoms with Crippen molar-refractivity contribution in [2.24, 2.45) is 0 Å². The molecule has 19 heavy (non-hydrogen) atoms. The highest BCUT2D eigenvalue weighted by Gasteiger charge is 2.30. The minimum atomic E-state index is -0.947. The van der Waals surface area contributed by atoms with Crippen molar-refractivity contribution in [1.29, 1.82) is 0 Å². The molecule has 0 aliphatic heterocycles. The summed E-state index contributed by atoms with van der Waals surface area (Å²) in [5.74, 6) is -1.07. The summed E-state index contributed by atoms with van der Waals surface area (Å²) in [4.78, 5) is 24.2. The molecule has 0 aliphatic carbocycles. The standard InChI is InChI=1S/C14H27NO4/c1-4-8-14(19,9-5-2)11-12(16)15(6-3)10-7-13(17)18/h19H,4-11H2,1-3H3,(H,17,18). The minimum Gasteiger partial charge on any atom is -0.481 e. The molecule has 2 N–H and O–H groups in total. The Morgan fingerprint density at radius 1 is 1.11 bits per heavy atom. The van der Waals surface area contributed by atoms with Gasteiger partial charge in [-0.2, -0.15) is 0 Å². The first kappa shape index (κ1) is 17.9. The van der Waals surface area contributed by atoms with Gasteiger partial charge in [-0.15, -0.1) is 0 Å². The van der Waals surface area contributed by atoms with Gasteiger partial charge in [0.25, 0.3) is 0 Å². The highest BCUT2D eigenvalue weighted by Crippen LogP contribution is 2.24. The Bertz CT molecular complexity index is 285. The van der Waals surface area contributed by atoms with Gasteiger partial charge < -0.3 is 15.1 Å². The van der Waals surface area contributed by atoms with Crippen LogP contribution < -0.4 is 0 Å². The van der Waals surface area contributed by atoms with E-state index >= 15 is 0 Å². The Morgan fingerprint density at radius 2 is 1.63 bits per heavy atom. The van der Waals surface area contributed by atoms with E-state index in [4.69, 9.17) is 5.11 Å². The van der Waals surface area contributed by atoms with Gasteiger partial charge in [0.05, 0.1) is 18.4 Å². The molecule has 0 saturated heterocycles. The second-order valence-corrected chi connectivity index (χ2v) is 5.02. The third-order valence-corrected chi connectivity index (χ3v) is 3.24. The van der Waals surface area contributed by atoms with E-state index in [2.05, 4.69) is 0 Å². The molecule has 0 atom stereocenters. The molecular weight excluding hydrogens is 246 g/mol. The zero-order valence-corrected chi connectivity index (χ0v) is 12.3. The number of carboxylic acid groups (broad SMARTS) is 1. The Hall–Kier alpha value is -1.10. The quantitative estimate of drug-likeness (QED) is 0.638. The molecule has 5 nitrogen and oxygen atoms in total. The first-order valence-electron chi connectivity index (χ1n) is 7.10. The van der Waals surface area contributed by atoms with Crippen LogP contribution in [0.2, 0.25) is 0 Å². The number of carboxylic acids is 1. The van der Waals surface area contributed by atoms with E-state index in [0.717, 1.165) is 12.8 Å². The number of nitrogens with zero attached hydrogens (tertiary/aromatic N) is 1. The molecule has 0 aliphatic rings. The summed E-state index contributed by atoms with van der Waals surface area (Å²) < 4.78 is 0. The van der Waals surface area contributed by atoms with Crippen molar-refractivity contribution in [3.63, 3.8) is 0 Å². The van der Waals surface area contributed by atoms with E-state index in [1.165, 1.54) is 4.90 Å². The summed E-state index contributed by atoms with van der Waals surface area (Å²) in [5.41, 5.74) is -0.947. The number of aliphatic hydroxyl groups is 1. The highest BCUT2D eigenvalue weighted by molar-refractivity contribution is 5.78. The van der Waals surface area contributed by atoms with Gasteiger partial charge in [0, 0.05) is 13.1 Å². The minimum absolute atomic E-state index is 0.0560. The summed E-state index contributed by atoms with van der Waals surface area (Å²) in [7, 11) is 0. The molecular formula is C14H27NO4. The third kappa shape index (κ3) is 7.15. The van der Waals surface area contributed by atoms with Gasteiger partial charge >= 0.3 is 5.97 Å². The molecule has 0 saturated carbocycles. The molecule has 0 aromatic heterocycles.